The molecule has 0 spiro atoms. The normalized spacial score (nSPS) is 11.8. The summed E-state index contributed by atoms with van der Waals surface area (Å²) < 4.78 is 9.65. The lowest BCUT2D eigenvalue weighted by atomic mass is 10.1. The highest BCUT2D eigenvalue weighted by molar-refractivity contribution is 5.81. The fourth-order valence-electron chi connectivity index (χ4n) is 1.08. The lowest BCUT2D eigenvalue weighted by Crippen LogP contribution is -1.99. The van der Waals surface area contributed by atoms with Crippen LogP contribution in [0.25, 0.3) is 0 Å². The summed E-state index contributed by atoms with van der Waals surface area (Å²) in [6.07, 6.45) is 7.24. The average Bonchev–Trinajstić information content (AvgIpc) is 2.35. The maximum Gasteiger partial charge on any atom is 0.333 e. The van der Waals surface area contributed by atoms with Gasteiger partial charge in [-0.05, 0) is 0 Å². The van der Waals surface area contributed by atoms with E-state index in [2.05, 4.69) is 10.7 Å². The molecule has 0 heterocycles. The van der Waals surface area contributed by atoms with Gasteiger partial charge in [0, 0.05) is 5.56 Å². The molecule has 0 amide bonds. The molecule has 0 bridgehead atoms. The van der Waals surface area contributed by atoms with Crippen molar-refractivity contribution in [2.45, 2.75) is 6.10 Å². The van der Waals surface area contributed by atoms with Crippen molar-refractivity contribution < 1.29 is 14.3 Å². The molecular formula is C13H12O3. The highest BCUT2D eigenvalue weighted by Crippen LogP contribution is 2.15. The third kappa shape index (κ3) is 3.50. The van der Waals surface area contributed by atoms with E-state index in [1.54, 1.807) is 0 Å². The predicted octanol–water partition coefficient (Wildman–Crippen LogP) is 2.06. The summed E-state index contributed by atoms with van der Waals surface area (Å²) in [4.78, 5) is 10.8. The van der Waals surface area contributed by atoms with E-state index in [1.165, 1.54) is 19.4 Å². The molecule has 0 aromatic heterocycles. The molecule has 0 N–H and O–H groups in total. The third-order valence-corrected chi connectivity index (χ3v) is 1.87. The number of hydrogen-bond acceptors (Lipinski definition) is 3. The average molecular weight is 216 g/mol. The molecule has 1 aromatic rings. The minimum absolute atomic E-state index is 0.483. The van der Waals surface area contributed by atoms with E-state index in [4.69, 9.17) is 11.2 Å². The van der Waals surface area contributed by atoms with E-state index in [-0.39, 0.29) is 0 Å². The lowest BCUT2D eigenvalue weighted by Gasteiger charge is -2.09. The SMILES string of the molecule is C#C[C@@H](O/C=C/C(=O)OC)c1ccccc1. The molecule has 16 heavy (non-hydrogen) atoms. The summed E-state index contributed by atoms with van der Waals surface area (Å²) >= 11 is 0. The van der Waals surface area contributed by atoms with Crippen LogP contribution in [0, 0.1) is 12.3 Å². The Kier molecular flexibility index (Phi) is 4.68. The van der Waals surface area contributed by atoms with E-state index in [0.717, 1.165) is 5.56 Å². The Labute approximate surface area is 94.7 Å². The van der Waals surface area contributed by atoms with E-state index < -0.39 is 12.1 Å². The van der Waals surface area contributed by atoms with Crippen molar-refractivity contribution in [3.8, 4) is 12.3 Å². The zero-order valence-electron chi connectivity index (χ0n) is 8.92. The van der Waals surface area contributed by atoms with Crippen LogP contribution in [0.5, 0.6) is 0 Å². The molecule has 0 saturated carbocycles. The number of esters is 1. The largest absolute Gasteiger partial charge is 0.480 e. The molecule has 3 heteroatoms. The summed E-state index contributed by atoms with van der Waals surface area (Å²) in [6.45, 7) is 0. The number of rotatable bonds is 4. The van der Waals surface area contributed by atoms with Crippen LogP contribution < -0.4 is 0 Å². The van der Waals surface area contributed by atoms with Gasteiger partial charge in [0.2, 0.25) is 0 Å². The molecule has 0 unspecified atom stereocenters. The molecule has 3 nitrogen and oxygen atoms in total. The standard InChI is InChI=1S/C13H12O3/c1-3-12(11-7-5-4-6-8-11)16-10-9-13(14)15-2/h1,4-10,12H,2H3/b10-9+/t12-/m1/s1. The molecule has 0 aliphatic heterocycles. The Morgan fingerprint density at radius 3 is 2.69 bits per heavy atom. The molecule has 0 aliphatic rings. The van der Waals surface area contributed by atoms with Crippen molar-refractivity contribution in [1.82, 2.24) is 0 Å². The van der Waals surface area contributed by atoms with Crippen LogP contribution in [-0.4, -0.2) is 13.1 Å². The highest BCUT2D eigenvalue weighted by Gasteiger charge is 2.06. The van der Waals surface area contributed by atoms with Gasteiger partial charge in [0.25, 0.3) is 0 Å². The van der Waals surface area contributed by atoms with E-state index in [1.807, 2.05) is 30.3 Å². The minimum atomic E-state index is -0.498. The van der Waals surface area contributed by atoms with Crippen molar-refractivity contribution in [2.75, 3.05) is 7.11 Å². The van der Waals surface area contributed by atoms with Gasteiger partial charge in [0.1, 0.15) is 0 Å². The van der Waals surface area contributed by atoms with Crippen molar-refractivity contribution >= 4 is 5.97 Å². The molecule has 1 atom stereocenters. The number of methoxy groups -OCH3 is 1. The summed E-state index contributed by atoms with van der Waals surface area (Å²) in [5, 5.41) is 0. The monoisotopic (exact) mass is 216 g/mol. The van der Waals surface area contributed by atoms with Crippen LogP contribution in [0.4, 0.5) is 0 Å². The van der Waals surface area contributed by atoms with Gasteiger partial charge < -0.3 is 9.47 Å². The number of ether oxygens (including phenoxy) is 2. The lowest BCUT2D eigenvalue weighted by molar-refractivity contribution is -0.135. The van der Waals surface area contributed by atoms with Gasteiger partial charge in [-0.2, -0.15) is 0 Å². The van der Waals surface area contributed by atoms with Gasteiger partial charge in [-0.3, -0.25) is 0 Å². The first-order chi connectivity index (χ1) is 7.77. The number of benzene rings is 1. The zero-order valence-corrected chi connectivity index (χ0v) is 8.92. The maximum absolute atomic E-state index is 10.8. The second-order valence-corrected chi connectivity index (χ2v) is 2.92. The van der Waals surface area contributed by atoms with E-state index in [0.29, 0.717) is 0 Å². The quantitative estimate of drug-likeness (QED) is 0.334. The summed E-state index contributed by atoms with van der Waals surface area (Å²) in [7, 11) is 1.29. The fraction of sp³-hybridized carbons (Fsp3) is 0.154. The summed E-state index contributed by atoms with van der Waals surface area (Å²) in [5.41, 5.74) is 0.861. The van der Waals surface area contributed by atoms with Gasteiger partial charge in [-0.1, -0.05) is 36.3 Å². The fourth-order valence-corrected chi connectivity index (χ4v) is 1.08. The molecule has 1 aromatic carbocycles. The summed E-state index contributed by atoms with van der Waals surface area (Å²) in [5.74, 6) is 2.00. The molecule has 0 radical (unpaired) electrons. The Morgan fingerprint density at radius 2 is 2.12 bits per heavy atom. The minimum Gasteiger partial charge on any atom is -0.480 e. The molecule has 0 saturated heterocycles. The van der Waals surface area contributed by atoms with Crippen molar-refractivity contribution in [1.29, 1.82) is 0 Å². The Hall–Kier alpha value is -2.21. The van der Waals surface area contributed by atoms with Crippen LogP contribution >= 0.6 is 0 Å². The van der Waals surface area contributed by atoms with Gasteiger partial charge in [0.15, 0.2) is 6.10 Å². The van der Waals surface area contributed by atoms with Gasteiger partial charge in [-0.25, -0.2) is 4.79 Å². The highest BCUT2D eigenvalue weighted by atomic mass is 16.5. The third-order valence-electron chi connectivity index (χ3n) is 1.87. The first-order valence-electron chi connectivity index (χ1n) is 4.69. The van der Waals surface area contributed by atoms with Crippen LogP contribution in [-0.2, 0) is 14.3 Å². The first kappa shape index (κ1) is 11.9. The van der Waals surface area contributed by atoms with Crippen molar-refractivity contribution in [3.63, 3.8) is 0 Å². The molecular weight excluding hydrogens is 204 g/mol. The number of terminal acetylenes is 1. The Morgan fingerprint density at radius 1 is 1.44 bits per heavy atom. The van der Waals surface area contributed by atoms with Crippen LogP contribution in [0.1, 0.15) is 11.7 Å². The second-order valence-electron chi connectivity index (χ2n) is 2.92. The Balaban J connectivity index is 2.61. The van der Waals surface area contributed by atoms with Crippen LogP contribution in [0.3, 0.4) is 0 Å². The van der Waals surface area contributed by atoms with Crippen molar-refractivity contribution in [2.24, 2.45) is 0 Å². The van der Waals surface area contributed by atoms with E-state index >= 15 is 0 Å². The van der Waals surface area contributed by atoms with Crippen LogP contribution in [0.15, 0.2) is 42.7 Å². The predicted molar refractivity (Wildman–Crippen MR) is 60.3 cm³/mol. The molecule has 82 valence electrons. The number of carbonyl (C=O) groups is 1. The zero-order chi connectivity index (χ0) is 11.8. The van der Waals surface area contributed by atoms with Gasteiger partial charge >= 0.3 is 5.97 Å². The first-order valence-corrected chi connectivity index (χ1v) is 4.69. The molecule has 0 aliphatic carbocycles. The van der Waals surface area contributed by atoms with Crippen LogP contribution in [0.2, 0.25) is 0 Å². The van der Waals surface area contributed by atoms with Gasteiger partial charge in [0.05, 0.1) is 19.4 Å². The molecule has 1 rings (SSSR count). The Bertz CT molecular complexity index is 401. The summed E-state index contributed by atoms with van der Waals surface area (Å²) in [6, 6.07) is 9.34. The number of hydrogen-bond donors (Lipinski definition) is 0. The number of carbonyl (C=O) groups excluding carboxylic acids is 1. The maximum atomic E-state index is 10.8. The molecule has 0 fully saturated rings. The smallest absolute Gasteiger partial charge is 0.333 e. The van der Waals surface area contributed by atoms with Gasteiger partial charge in [-0.15, -0.1) is 6.42 Å². The van der Waals surface area contributed by atoms with Crippen molar-refractivity contribution in [3.05, 3.63) is 48.2 Å². The van der Waals surface area contributed by atoms with E-state index in [9.17, 15) is 4.79 Å². The second kappa shape index (κ2) is 6.31. The topological polar surface area (TPSA) is 35.5 Å².